The average Bonchev–Trinajstić information content (AvgIpc) is 2.97. The number of benzene rings is 1. The van der Waals surface area contributed by atoms with Crippen LogP contribution in [-0.2, 0) is 14.3 Å². The number of carbonyl (C=O) groups excluding carboxylic acids is 2. The van der Waals surface area contributed by atoms with E-state index in [4.69, 9.17) is 16.3 Å². The van der Waals surface area contributed by atoms with Crippen LogP contribution in [0.4, 0.5) is 4.39 Å². The van der Waals surface area contributed by atoms with E-state index in [0.29, 0.717) is 0 Å². The summed E-state index contributed by atoms with van der Waals surface area (Å²) in [6, 6.07) is 4.41. The molecule has 1 aliphatic rings. The van der Waals surface area contributed by atoms with Crippen molar-refractivity contribution in [1.82, 2.24) is 5.32 Å². The molecule has 0 spiro atoms. The zero-order valence-corrected chi connectivity index (χ0v) is 12.7. The highest BCUT2D eigenvalue weighted by Crippen LogP contribution is 2.20. The third kappa shape index (κ3) is 4.84. The summed E-state index contributed by atoms with van der Waals surface area (Å²) in [6.07, 6.45) is 6.42. The molecule has 0 unspecified atom stereocenters. The predicted octanol–water partition coefficient (Wildman–Crippen LogP) is 3.09. The van der Waals surface area contributed by atoms with Crippen molar-refractivity contribution in [2.24, 2.45) is 0 Å². The van der Waals surface area contributed by atoms with Crippen LogP contribution >= 0.6 is 11.6 Å². The molecule has 1 aromatic carbocycles. The van der Waals surface area contributed by atoms with Crippen LogP contribution in [0.5, 0.6) is 0 Å². The van der Waals surface area contributed by atoms with E-state index in [0.717, 1.165) is 31.8 Å². The van der Waals surface area contributed by atoms with Crippen LogP contribution in [0.15, 0.2) is 24.3 Å². The zero-order chi connectivity index (χ0) is 15.9. The van der Waals surface area contributed by atoms with E-state index in [1.165, 1.54) is 24.3 Å². The maximum absolute atomic E-state index is 13.5. The molecule has 1 fully saturated rings. The highest BCUT2D eigenvalue weighted by molar-refractivity contribution is 6.32. The Morgan fingerprint density at radius 3 is 2.77 bits per heavy atom. The second-order valence-electron chi connectivity index (χ2n) is 5.13. The molecule has 6 heteroatoms. The first-order chi connectivity index (χ1) is 10.6. The number of halogens is 2. The first-order valence-corrected chi connectivity index (χ1v) is 7.52. The minimum absolute atomic E-state index is 0.108. The molecule has 0 atom stereocenters. The normalized spacial score (nSPS) is 15.2. The molecule has 1 aromatic rings. The van der Waals surface area contributed by atoms with Crippen molar-refractivity contribution in [1.29, 1.82) is 0 Å². The highest BCUT2D eigenvalue weighted by atomic mass is 35.5. The maximum Gasteiger partial charge on any atom is 0.331 e. The number of ether oxygens (including phenoxy) is 1. The van der Waals surface area contributed by atoms with E-state index in [-0.39, 0.29) is 29.1 Å². The first kappa shape index (κ1) is 16.5. The van der Waals surface area contributed by atoms with Crippen LogP contribution in [0.1, 0.15) is 31.2 Å². The molecule has 22 heavy (non-hydrogen) atoms. The fraction of sp³-hybridized carbons (Fsp3) is 0.375. The molecular weight excluding hydrogens is 309 g/mol. The van der Waals surface area contributed by atoms with Gasteiger partial charge >= 0.3 is 5.97 Å². The van der Waals surface area contributed by atoms with Crippen molar-refractivity contribution in [2.45, 2.75) is 31.7 Å². The summed E-state index contributed by atoms with van der Waals surface area (Å²) < 4.78 is 18.3. The molecule has 1 amide bonds. The lowest BCUT2D eigenvalue weighted by molar-refractivity contribution is -0.144. The van der Waals surface area contributed by atoms with Crippen LogP contribution in [0.2, 0.25) is 5.02 Å². The van der Waals surface area contributed by atoms with Crippen molar-refractivity contribution in [3.05, 3.63) is 40.7 Å². The number of hydrogen-bond acceptors (Lipinski definition) is 3. The Morgan fingerprint density at radius 1 is 1.36 bits per heavy atom. The Kier molecular flexibility index (Phi) is 5.95. The lowest BCUT2D eigenvalue weighted by Crippen LogP contribution is -2.35. The summed E-state index contributed by atoms with van der Waals surface area (Å²) in [5.41, 5.74) is 0.108. The molecule has 0 saturated heterocycles. The summed E-state index contributed by atoms with van der Waals surface area (Å²) in [4.78, 5) is 23.1. The second-order valence-corrected chi connectivity index (χ2v) is 5.53. The Hall–Kier alpha value is -1.88. The van der Waals surface area contributed by atoms with E-state index in [2.05, 4.69) is 5.32 Å². The van der Waals surface area contributed by atoms with Crippen LogP contribution < -0.4 is 5.32 Å². The molecule has 0 heterocycles. The predicted molar refractivity (Wildman–Crippen MR) is 81.8 cm³/mol. The minimum Gasteiger partial charge on any atom is -0.452 e. The molecule has 0 aliphatic heterocycles. The van der Waals surface area contributed by atoms with Crippen molar-refractivity contribution in [3.8, 4) is 0 Å². The van der Waals surface area contributed by atoms with Gasteiger partial charge in [-0.3, -0.25) is 4.79 Å². The van der Waals surface area contributed by atoms with Gasteiger partial charge in [0.15, 0.2) is 6.61 Å². The van der Waals surface area contributed by atoms with Gasteiger partial charge in [-0.2, -0.15) is 0 Å². The van der Waals surface area contributed by atoms with E-state index in [9.17, 15) is 14.0 Å². The fourth-order valence-electron chi connectivity index (χ4n) is 2.35. The molecule has 0 bridgehead atoms. The summed E-state index contributed by atoms with van der Waals surface area (Å²) in [5, 5.41) is 3.00. The Balaban J connectivity index is 1.80. The number of amides is 1. The van der Waals surface area contributed by atoms with Crippen molar-refractivity contribution < 1.29 is 18.7 Å². The lowest BCUT2D eigenvalue weighted by Gasteiger charge is -2.11. The van der Waals surface area contributed by atoms with E-state index >= 15 is 0 Å². The van der Waals surface area contributed by atoms with Crippen molar-refractivity contribution in [2.75, 3.05) is 6.61 Å². The van der Waals surface area contributed by atoms with E-state index < -0.39 is 11.8 Å². The number of hydrogen-bond donors (Lipinski definition) is 1. The molecule has 4 nitrogen and oxygen atoms in total. The van der Waals surface area contributed by atoms with Gasteiger partial charge in [0.1, 0.15) is 5.82 Å². The van der Waals surface area contributed by atoms with Gasteiger partial charge in [-0.15, -0.1) is 0 Å². The van der Waals surface area contributed by atoms with Crippen molar-refractivity contribution >= 4 is 29.6 Å². The molecular formula is C16H17ClFNO3. The molecule has 1 saturated carbocycles. The van der Waals surface area contributed by atoms with Gasteiger partial charge in [0.2, 0.25) is 0 Å². The summed E-state index contributed by atoms with van der Waals surface area (Å²) in [6.45, 7) is -0.343. The van der Waals surface area contributed by atoms with Crippen LogP contribution in [0, 0.1) is 5.82 Å². The van der Waals surface area contributed by atoms with Gasteiger partial charge in [0.25, 0.3) is 5.91 Å². The Morgan fingerprint density at radius 2 is 2.09 bits per heavy atom. The Labute approximate surface area is 133 Å². The standard InChI is InChI=1S/C16H17ClFNO3/c17-13-6-3-7-14(18)12(13)8-9-16(21)22-10-15(20)19-11-4-1-2-5-11/h3,6-9,11H,1-2,4-5,10H2,(H,19,20)/b9-8+. The van der Waals surface area contributed by atoms with Crippen LogP contribution in [-0.4, -0.2) is 24.5 Å². The molecule has 0 radical (unpaired) electrons. The molecule has 1 N–H and O–H groups in total. The van der Waals surface area contributed by atoms with Gasteiger partial charge in [-0.1, -0.05) is 30.5 Å². The lowest BCUT2D eigenvalue weighted by atomic mass is 10.2. The van der Waals surface area contributed by atoms with Crippen LogP contribution in [0.25, 0.3) is 6.08 Å². The summed E-state index contributed by atoms with van der Waals surface area (Å²) >= 11 is 5.83. The Bertz CT molecular complexity index is 563. The molecule has 118 valence electrons. The maximum atomic E-state index is 13.5. The molecule has 0 aromatic heterocycles. The van der Waals surface area contributed by atoms with E-state index in [1.54, 1.807) is 0 Å². The largest absolute Gasteiger partial charge is 0.452 e. The minimum atomic E-state index is -0.721. The van der Waals surface area contributed by atoms with Gasteiger partial charge < -0.3 is 10.1 Å². The first-order valence-electron chi connectivity index (χ1n) is 7.14. The summed E-state index contributed by atoms with van der Waals surface area (Å²) in [5.74, 6) is -1.58. The number of esters is 1. The topological polar surface area (TPSA) is 55.4 Å². The van der Waals surface area contributed by atoms with Crippen molar-refractivity contribution in [3.63, 3.8) is 0 Å². The third-order valence-electron chi connectivity index (χ3n) is 3.45. The smallest absolute Gasteiger partial charge is 0.331 e. The number of rotatable bonds is 5. The zero-order valence-electron chi connectivity index (χ0n) is 12.0. The molecule has 2 rings (SSSR count). The highest BCUT2D eigenvalue weighted by Gasteiger charge is 2.17. The second kappa shape index (κ2) is 7.94. The fourth-order valence-corrected chi connectivity index (χ4v) is 2.57. The van der Waals surface area contributed by atoms with Gasteiger partial charge in [-0.05, 0) is 31.1 Å². The average molecular weight is 326 g/mol. The van der Waals surface area contributed by atoms with E-state index in [1.807, 2.05) is 0 Å². The van der Waals surface area contributed by atoms with Gasteiger partial charge in [0.05, 0.1) is 5.02 Å². The quantitative estimate of drug-likeness (QED) is 0.668. The number of nitrogens with one attached hydrogen (secondary N) is 1. The van der Waals surface area contributed by atoms with Crippen LogP contribution in [0.3, 0.4) is 0 Å². The summed E-state index contributed by atoms with van der Waals surface area (Å²) in [7, 11) is 0. The van der Waals surface area contributed by atoms with Gasteiger partial charge in [0, 0.05) is 17.7 Å². The molecule has 1 aliphatic carbocycles. The SMILES string of the molecule is O=C(COC(=O)/C=C/c1c(F)cccc1Cl)NC1CCCC1. The third-order valence-corrected chi connectivity index (χ3v) is 3.78. The number of carbonyl (C=O) groups is 2. The van der Waals surface area contributed by atoms with Gasteiger partial charge in [-0.25, -0.2) is 9.18 Å². The monoisotopic (exact) mass is 325 g/mol.